The van der Waals surface area contributed by atoms with Crippen LogP contribution in [0.1, 0.15) is 65.2 Å². The second kappa shape index (κ2) is 6.83. The van der Waals surface area contributed by atoms with Crippen molar-refractivity contribution in [1.29, 1.82) is 0 Å². The van der Waals surface area contributed by atoms with Crippen molar-refractivity contribution in [2.24, 2.45) is 5.41 Å². The molecule has 0 aliphatic heterocycles. The fourth-order valence-electron chi connectivity index (χ4n) is 2.97. The van der Waals surface area contributed by atoms with Gasteiger partial charge in [-0.2, -0.15) is 0 Å². The van der Waals surface area contributed by atoms with Gasteiger partial charge in [-0.25, -0.2) is 4.79 Å². The van der Waals surface area contributed by atoms with Gasteiger partial charge in [0.2, 0.25) is 0 Å². The van der Waals surface area contributed by atoms with Crippen LogP contribution in [0, 0.1) is 5.41 Å². The van der Waals surface area contributed by atoms with Crippen molar-refractivity contribution < 1.29 is 9.53 Å². The Kier molecular flexibility index (Phi) is 5.73. The van der Waals surface area contributed by atoms with Crippen LogP contribution in [0.25, 0.3) is 0 Å². The maximum absolute atomic E-state index is 11.2. The highest BCUT2D eigenvalue weighted by atomic mass is 16.5. The standard InChI is InChI=1S/C15H26O2/c1-4-14(16)17-13-9-7-11-15(5-2,6-3)12-8-10-13/h4,13H,1,5-12H2,2-3H3. The summed E-state index contributed by atoms with van der Waals surface area (Å²) in [4.78, 5) is 11.2. The van der Waals surface area contributed by atoms with Gasteiger partial charge in [-0.3, -0.25) is 0 Å². The van der Waals surface area contributed by atoms with E-state index in [-0.39, 0.29) is 12.1 Å². The van der Waals surface area contributed by atoms with Crippen molar-refractivity contribution in [1.82, 2.24) is 0 Å². The lowest BCUT2D eigenvalue weighted by Gasteiger charge is -2.35. The Morgan fingerprint density at radius 2 is 1.82 bits per heavy atom. The SMILES string of the molecule is C=CC(=O)OC1CCCC(CC)(CC)CCC1. The monoisotopic (exact) mass is 238 g/mol. The third kappa shape index (κ3) is 4.18. The molecule has 1 saturated carbocycles. The van der Waals surface area contributed by atoms with Crippen LogP contribution in [-0.4, -0.2) is 12.1 Å². The van der Waals surface area contributed by atoms with E-state index >= 15 is 0 Å². The van der Waals surface area contributed by atoms with Crippen LogP contribution in [-0.2, 0) is 9.53 Å². The summed E-state index contributed by atoms with van der Waals surface area (Å²) in [7, 11) is 0. The van der Waals surface area contributed by atoms with Gasteiger partial charge >= 0.3 is 5.97 Å². The molecule has 0 atom stereocenters. The third-order valence-corrected chi connectivity index (χ3v) is 4.42. The minimum Gasteiger partial charge on any atom is -0.459 e. The van der Waals surface area contributed by atoms with Crippen LogP contribution in [0.3, 0.4) is 0 Å². The van der Waals surface area contributed by atoms with Crippen LogP contribution < -0.4 is 0 Å². The van der Waals surface area contributed by atoms with Crippen molar-refractivity contribution in [3.05, 3.63) is 12.7 Å². The summed E-state index contributed by atoms with van der Waals surface area (Å²) in [6.45, 7) is 8.05. The largest absolute Gasteiger partial charge is 0.459 e. The molecule has 2 heteroatoms. The van der Waals surface area contributed by atoms with E-state index in [2.05, 4.69) is 20.4 Å². The van der Waals surface area contributed by atoms with Crippen LogP contribution in [0.5, 0.6) is 0 Å². The van der Waals surface area contributed by atoms with Gasteiger partial charge in [0.1, 0.15) is 6.10 Å². The topological polar surface area (TPSA) is 26.3 Å². The van der Waals surface area contributed by atoms with E-state index < -0.39 is 0 Å². The smallest absolute Gasteiger partial charge is 0.330 e. The number of ether oxygens (including phenoxy) is 1. The van der Waals surface area contributed by atoms with Gasteiger partial charge in [0.15, 0.2) is 0 Å². The maximum Gasteiger partial charge on any atom is 0.330 e. The van der Waals surface area contributed by atoms with Crippen molar-refractivity contribution in [2.45, 2.75) is 71.3 Å². The summed E-state index contributed by atoms with van der Waals surface area (Å²) in [5, 5.41) is 0. The lowest BCUT2D eigenvalue weighted by atomic mass is 9.72. The zero-order chi connectivity index (χ0) is 12.7. The lowest BCUT2D eigenvalue weighted by molar-refractivity contribution is -0.144. The van der Waals surface area contributed by atoms with Crippen molar-refractivity contribution >= 4 is 5.97 Å². The van der Waals surface area contributed by atoms with Crippen LogP contribution in [0.4, 0.5) is 0 Å². The summed E-state index contributed by atoms with van der Waals surface area (Å²) in [6, 6.07) is 0. The Morgan fingerprint density at radius 3 is 2.24 bits per heavy atom. The number of esters is 1. The molecule has 0 heterocycles. The fraction of sp³-hybridized carbons (Fsp3) is 0.800. The molecule has 0 unspecified atom stereocenters. The number of hydrogen-bond donors (Lipinski definition) is 0. The van der Waals surface area contributed by atoms with E-state index in [1.165, 1.54) is 44.6 Å². The highest BCUT2D eigenvalue weighted by molar-refractivity contribution is 5.81. The molecule has 0 aromatic heterocycles. The Morgan fingerprint density at radius 1 is 1.29 bits per heavy atom. The van der Waals surface area contributed by atoms with E-state index in [0.717, 1.165) is 12.8 Å². The summed E-state index contributed by atoms with van der Waals surface area (Å²) in [5.41, 5.74) is 0.549. The molecule has 0 spiro atoms. The van der Waals surface area contributed by atoms with Gasteiger partial charge in [0.25, 0.3) is 0 Å². The zero-order valence-electron chi connectivity index (χ0n) is 11.3. The van der Waals surface area contributed by atoms with Crippen molar-refractivity contribution in [2.75, 3.05) is 0 Å². The Hall–Kier alpha value is -0.790. The Balaban J connectivity index is 2.46. The van der Waals surface area contributed by atoms with Crippen molar-refractivity contribution in [3.63, 3.8) is 0 Å². The van der Waals surface area contributed by atoms with E-state index in [4.69, 9.17) is 4.74 Å². The van der Waals surface area contributed by atoms with Gasteiger partial charge in [0, 0.05) is 6.08 Å². The first-order valence-corrected chi connectivity index (χ1v) is 6.99. The van der Waals surface area contributed by atoms with Crippen LogP contribution >= 0.6 is 0 Å². The third-order valence-electron chi connectivity index (χ3n) is 4.42. The Bertz CT molecular complexity index is 242. The minimum atomic E-state index is -0.271. The quantitative estimate of drug-likeness (QED) is 0.541. The molecule has 1 rings (SSSR count). The summed E-state index contributed by atoms with van der Waals surface area (Å²) < 4.78 is 5.35. The van der Waals surface area contributed by atoms with E-state index in [0.29, 0.717) is 5.41 Å². The van der Waals surface area contributed by atoms with Gasteiger partial charge in [-0.15, -0.1) is 0 Å². The molecule has 0 saturated heterocycles. The van der Waals surface area contributed by atoms with Gasteiger partial charge < -0.3 is 4.74 Å². The zero-order valence-corrected chi connectivity index (χ0v) is 11.3. The first-order chi connectivity index (χ1) is 8.15. The maximum atomic E-state index is 11.2. The molecule has 17 heavy (non-hydrogen) atoms. The normalized spacial score (nSPS) is 21.3. The summed E-state index contributed by atoms with van der Waals surface area (Å²) in [6.07, 6.45) is 10.9. The summed E-state index contributed by atoms with van der Waals surface area (Å²) >= 11 is 0. The molecule has 0 aromatic rings. The average molecular weight is 238 g/mol. The minimum absolute atomic E-state index is 0.118. The lowest BCUT2D eigenvalue weighted by Crippen LogP contribution is -2.25. The average Bonchev–Trinajstić information content (AvgIpc) is 2.33. The van der Waals surface area contributed by atoms with E-state index in [1.54, 1.807) is 0 Å². The number of rotatable bonds is 4. The molecular formula is C15H26O2. The van der Waals surface area contributed by atoms with Crippen LogP contribution in [0.2, 0.25) is 0 Å². The first-order valence-electron chi connectivity index (χ1n) is 6.99. The molecule has 0 radical (unpaired) electrons. The molecule has 0 amide bonds. The number of hydrogen-bond acceptors (Lipinski definition) is 2. The molecule has 0 aromatic carbocycles. The molecule has 1 aliphatic carbocycles. The van der Waals surface area contributed by atoms with Gasteiger partial charge in [-0.05, 0) is 43.9 Å². The first kappa shape index (κ1) is 14.3. The molecule has 1 fully saturated rings. The Labute approximate surface area is 105 Å². The number of carbonyl (C=O) groups is 1. The van der Waals surface area contributed by atoms with E-state index in [9.17, 15) is 4.79 Å². The fourth-order valence-corrected chi connectivity index (χ4v) is 2.97. The van der Waals surface area contributed by atoms with Crippen LogP contribution in [0.15, 0.2) is 12.7 Å². The highest BCUT2D eigenvalue weighted by Gasteiger charge is 2.28. The van der Waals surface area contributed by atoms with Gasteiger partial charge in [0.05, 0.1) is 0 Å². The second-order valence-electron chi connectivity index (χ2n) is 5.25. The second-order valence-corrected chi connectivity index (χ2v) is 5.25. The van der Waals surface area contributed by atoms with Crippen molar-refractivity contribution in [3.8, 4) is 0 Å². The highest BCUT2D eigenvalue weighted by Crippen LogP contribution is 2.40. The van der Waals surface area contributed by atoms with Gasteiger partial charge in [-0.1, -0.05) is 33.3 Å². The number of carbonyl (C=O) groups excluding carboxylic acids is 1. The molecule has 0 bridgehead atoms. The molecular weight excluding hydrogens is 212 g/mol. The summed E-state index contributed by atoms with van der Waals surface area (Å²) in [5.74, 6) is -0.271. The predicted molar refractivity (Wildman–Crippen MR) is 70.8 cm³/mol. The predicted octanol–water partition coefficient (Wildman–Crippen LogP) is 4.24. The molecule has 2 nitrogen and oxygen atoms in total. The molecule has 1 aliphatic rings. The van der Waals surface area contributed by atoms with E-state index in [1.807, 2.05) is 0 Å². The molecule has 0 N–H and O–H groups in total. The molecule has 98 valence electrons.